The van der Waals surface area contributed by atoms with Crippen LogP contribution in [0, 0.1) is 18.3 Å². The fourth-order valence-electron chi connectivity index (χ4n) is 3.03. The maximum absolute atomic E-state index is 10.7. The number of hydrogen-bond acceptors (Lipinski definition) is 5. The number of ether oxygens (including phenoxy) is 1. The van der Waals surface area contributed by atoms with Crippen molar-refractivity contribution in [3.8, 4) is 34.6 Å². The SMILES string of the molecule is Cc1cc(CCC(=O)O)ccc1-c1ncc(-c2ccc(OC(C)C)c(C#N)c2)o1. The summed E-state index contributed by atoms with van der Waals surface area (Å²) in [5.74, 6) is 0.759. The molecule has 6 heteroatoms. The van der Waals surface area contributed by atoms with E-state index in [2.05, 4.69) is 11.1 Å². The molecule has 1 N–H and O–H groups in total. The molecule has 0 bridgehead atoms. The highest BCUT2D eigenvalue weighted by molar-refractivity contribution is 5.68. The summed E-state index contributed by atoms with van der Waals surface area (Å²) in [6.07, 6.45) is 2.19. The van der Waals surface area contributed by atoms with Crippen molar-refractivity contribution in [2.75, 3.05) is 0 Å². The molecule has 0 radical (unpaired) electrons. The first-order valence-corrected chi connectivity index (χ1v) is 9.36. The Morgan fingerprint density at radius 1 is 1.28 bits per heavy atom. The number of aliphatic carboxylic acids is 1. The molecule has 0 saturated heterocycles. The summed E-state index contributed by atoms with van der Waals surface area (Å²) in [7, 11) is 0. The van der Waals surface area contributed by atoms with E-state index in [1.807, 2.05) is 45.0 Å². The van der Waals surface area contributed by atoms with Gasteiger partial charge in [0.25, 0.3) is 0 Å². The Balaban J connectivity index is 1.86. The van der Waals surface area contributed by atoms with Gasteiger partial charge in [0.05, 0.1) is 17.9 Å². The number of aromatic nitrogens is 1. The molecular weight excluding hydrogens is 368 g/mol. The number of oxazole rings is 1. The number of nitrogens with zero attached hydrogens (tertiary/aromatic N) is 2. The van der Waals surface area contributed by atoms with Crippen molar-refractivity contribution in [3.63, 3.8) is 0 Å². The fourth-order valence-corrected chi connectivity index (χ4v) is 3.03. The molecule has 29 heavy (non-hydrogen) atoms. The van der Waals surface area contributed by atoms with Crippen molar-refractivity contribution in [1.29, 1.82) is 5.26 Å². The number of carboxylic acid groups (broad SMARTS) is 1. The van der Waals surface area contributed by atoms with Gasteiger partial charge in [-0.15, -0.1) is 0 Å². The minimum Gasteiger partial charge on any atom is -0.490 e. The molecular formula is C23H22N2O4. The lowest BCUT2D eigenvalue weighted by molar-refractivity contribution is -0.136. The third kappa shape index (κ3) is 4.82. The van der Waals surface area contributed by atoms with Crippen LogP contribution in [0.1, 0.15) is 37.0 Å². The highest BCUT2D eigenvalue weighted by atomic mass is 16.5. The first-order chi connectivity index (χ1) is 13.9. The van der Waals surface area contributed by atoms with E-state index in [0.717, 1.165) is 22.3 Å². The molecule has 0 unspecified atom stereocenters. The lowest BCUT2D eigenvalue weighted by atomic mass is 10.0. The van der Waals surface area contributed by atoms with E-state index in [1.165, 1.54) is 0 Å². The van der Waals surface area contributed by atoms with Gasteiger partial charge in [0.1, 0.15) is 11.8 Å². The molecule has 6 nitrogen and oxygen atoms in total. The van der Waals surface area contributed by atoms with Gasteiger partial charge in [-0.05, 0) is 62.6 Å². The van der Waals surface area contributed by atoms with Gasteiger partial charge in [-0.2, -0.15) is 5.26 Å². The van der Waals surface area contributed by atoms with Crippen LogP contribution in [0.5, 0.6) is 5.75 Å². The van der Waals surface area contributed by atoms with E-state index in [9.17, 15) is 10.1 Å². The number of carbonyl (C=O) groups is 1. The zero-order valence-electron chi connectivity index (χ0n) is 16.6. The van der Waals surface area contributed by atoms with Crippen molar-refractivity contribution in [3.05, 3.63) is 59.3 Å². The van der Waals surface area contributed by atoms with Crippen molar-refractivity contribution in [2.24, 2.45) is 0 Å². The second kappa shape index (κ2) is 8.61. The topological polar surface area (TPSA) is 96.4 Å². The second-order valence-electron chi connectivity index (χ2n) is 7.06. The highest BCUT2D eigenvalue weighted by Crippen LogP contribution is 2.31. The lowest BCUT2D eigenvalue weighted by Crippen LogP contribution is -2.06. The average Bonchev–Trinajstić information content (AvgIpc) is 3.16. The number of aryl methyl sites for hydroxylation is 2. The zero-order chi connectivity index (χ0) is 21.0. The fraction of sp³-hybridized carbons (Fsp3) is 0.261. The van der Waals surface area contributed by atoms with E-state index in [-0.39, 0.29) is 12.5 Å². The minimum absolute atomic E-state index is 0.0220. The second-order valence-corrected chi connectivity index (χ2v) is 7.06. The first-order valence-electron chi connectivity index (χ1n) is 9.36. The van der Waals surface area contributed by atoms with Crippen molar-refractivity contribution >= 4 is 5.97 Å². The van der Waals surface area contributed by atoms with Gasteiger partial charge in [0.15, 0.2) is 5.76 Å². The molecule has 2 aromatic carbocycles. The van der Waals surface area contributed by atoms with Crippen LogP contribution in [0.2, 0.25) is 0 Å². The Morgan fingerprint density at radius 3 is 2.72 bits per heavy atom. The molecule has 148 valence electrons. The number of rotatable bonds is 7. The van der Waals surface area contributed by atoms with Crippen LogP contribution in [0.4, 0.5) is 0 Å². The summed E-state index contributed by atoms with van der Waals surface area (Å²) in [5.41, 5.74) is 3.94. The molecule has 0 aliphatic rings. The molecule has 0 aliphatic carbocycles. The van der Waals surface area contributed by atoms with Crippen LogP contribution < -0.4 is 4.74 Å². The van der Waals surface area contributed by atoms with Crippen LogP contribution >= 0.6 is 0 Å². The zero-order valence-corrected chi connectivity index (χ0v) is 16.6. The maximum Gasteiger partial charge on any atom is 0.303 e. The van der Waals surface area contributed by atoms with Gasteiger partial charge in [0, 0.05) is 17.5 Å². The molecule has 0 fully saturated rings. The van der Waals surface area contributed by atoms with E-state index in [1.54, 1.807) is 18.3 Å². The Bertz CT molecular complexity index is 1080. The van der Waals surface area contributed by atoms with Crippen LogP contribution in [-0.4, -0.2) is 22.2 Å². The number of nitriles is 1. The molecule has 0 amide bonds. The van der Waals surface area contributed by atoms with E-state index >= 15 is 0 Å². The lowest BCUT2D eigenvalue weighted by Gasteiger charge is -2.11. The van der Waals surface area contributed by atoms with Gasteiger partial charge in [0.2, 0.25) is 5.89 Å². The molecule has 0 spiro atoms. The Labute approximate surface area is 169 Å². The monoisotopic (exact) mass is 390 g/mol. The normalized spacial score (nSPS) is 10.7. The van der Waals surface area contributed by atoms with E-state index in [0.29, 0.717) is 29.4 Å². The quantitative estimate of drug-likeness (QED) is 0.610. The number of hydrogen-bond donors (Lipinski definition) is 1. The van der Waals surface area contributed by atoms with E-state index in [4.69, 9.17) is 14.3 Å². The molecule has 0 saturated carbocycles. The maximum atomic E-state index is 10.7. The van der Waals surface area contributed by atoms with Crippen LogP contribution in [0.3, 0.4) is 0 Å². The summed E-state index contributed by atoms with van der Waals surface area (Å²) in [4.78, 5) is 15.1. The Hall–Kier alpha value is -3.59. The highest BCUT2D eigenvalue weighted by Gasteiger charge is 2.14. The first kappa shape index (κ1) is 20.2. The predicted molar refractivity (Wildman–Crippen MR) is 109 cm³/mol. The van der Waals surface area contributed by atoms with Crippen LogP contribution in [0.15, 0.2) is 47.0 Å². The molecule has 0 atom stereocenters. The van der Waals surface area contributed by atoms with Crippen molar-refractivity contribution in [1.82, 2.24) is 4.98 Å². The molecule has 3 aromatic rings. The largest absolute Gasteiger partial charge is 0.490 e. The third-order valence-electron chi connectivity index (χ3n) is 4.40. The number of carboxylic acids is 1. The molecule has 0 aliphatic heterocycles. The van der Waals surface area contributed by atoms with Gasteiger partial charge >= 0.3 is 5.97 Å². The summed E-state index contributed by atoms with van der Waals surface area (Å²) in [5, 5.41) is 18.2. The summed E-state index contributed by atoms with van der Waals surface area (Å²) >= 11 is 0. The third-order valence-corrected chi connectivity index (χ3v) is 4.40. The van der Waals surface area contributed by atoms with Gasteiger partial charge in [-0.3, -0.25) is 4.79 Å². The van der Waals surface area contributed by atoms with Gasteiger partial charge in [-0.1, -0.05) is 12.1 Å². The summed E-state index contributed by atoms with van der Waals surface area (Å²) in [6, 6.07) is 13.2. The van der Waals surface area contributed by atoms with E-state index < -0.39 is 5.97 Å². The summed E-state index contributed by atoms with van der Waals surface area (Å²) in [6.45, 7) is 5.76. The Morgan fingerprint density at radius 2 is 2.07 bits per heavy atom. The van der Waals surface area contributed by atoms with Crippen molar-refractivity contribution in [2.45, 2.75) is 39.7 Å². The predicted octanol–water partition coefficient (Wildman–Crippen LogP) is 4.99. The smallest absolute Gasteiger partial charge is 0.303 e. The minimum atomic E-state index is -0.814. The van der Waals surface area contributed by atoms with Crippen LogP contribution in [-0.2, 0) is 11.2 Å². The van der Waals surface area contributed by atoms with Gasteiger partial charge < -0.3 is 14.3 Å². The van der Waals surface area contributed by atoms with Crippen LogP contribution in [0.25, 0.3) is 22.8 Å². The summed E-state index contributed by atoms with van der Waals surface area (Å²) < 4.78 is 11.6. The molecule has 1 aromatic heterocycles. The van der Waals surface area contributed by atoms with Crippen molar-refractivity contribution < 1.29 is 19.1 Å². The molecule has 3 rings (SSSR count). The molecule has 1 heterocycles. The Kier molecular flexibility index (Phi) is 5.99. The standard InChI is InChI=1S/C23H22N2O4/c1-14(2)28-20-8-6-17(11-18(20)12-24)21-13-25-23(29-21)19-7-4-16(10-15(19)3)5-9-22(26)27/h4,6-8,10-11,13-14H,5,9H2,1-3H3,(H,26,27). The number of benzene rings is 2. The average molecular weight is 390 g/mol. The van der Waals surface area contributed by atoms with Gasteiger partial charge in [-0.25, -0.2) is 4.98 Å².